The van der Waals surface area contributed by atoms with Crippen molar-refractivity contribution in [3.05, 3.63) is 65.0 Å². The Morgan fingerprint density at radius 2 is 1.96 bits per heavy atom. The Bertz CT molecular complexity index is 696. The number of ether oxygens (including phenoxy) is 1. The maximum absolute atomic E-state index is 14.1. The molecule has 120 valence electrons. The molecule has 23 heavy (non-hydrogen) atoms. The quantitative estimate of drug-likeness (QED) is 0.852. The predicted molar refractivity (Wildman–Crippen MR) is 89.5 cm³/mol. The molecule has 3 heteroatoms. The van der Waals surface area contributed by atoms with Crippen LogP contribution in [-0.2, 0) is 12.8 Å². The van der Waals surface area contributed by atoms with Gasteiger partial charge in [0.05, 0.1) is 7.11 Å². The van der Waals surface area contributed by atoms with Crippen molar-refractivity contribution < 1.29 is 9.13 Å². The summed E-state index contributed by atoms with van der Waals surface area (Å²) in [7, 11) is 1.54. The highest BCUT2D eigenvalue weighted by molar-refractivity contribution is 5.45. The fourth-order valence-electron chi connectivity index (χ4n) is 4.03. The van der Waals surface area contributed by atoms with Crippen LogP contribution in [0.2, 0.25) is 0 Å². The first-order valence-corrected chi connectivity index (χ1v) is 8.40. The molecule has 2 atom stereocenters. The Labute approximate surface area is 136 Å². The van der Waals surface area contributed by atoms with Gasteiger partial charge in [0.25, 0.3) is 0 Å². The first-order chi connectivity index (χ1) is 11.3. The third-order valence-corrected chi connectivity index (χ3v) is 5.36. The highest BCUT2D eigenvalue weighted by Gasteiger charge is 2.38. The highest BCUT2D eigenvalue weighted by atomic mass is 19.1. The number of benzene rings is 2. The number of likely N-dealkylation sites (tertiary alicyclic amines) is 1. The molecule has 2 unspecified atom stereocenters. The summed E-state index contributed by atoms with van der Waals surface area (Å²) in [4.78, 5) is 2.55. The standard InChI is InChI=1S/C20H22FNO/c1-23-20-13-16-15(11-18(20)21)12-19(22-8-5-9-22)17(16)10-14-6-3-2-4-7-14/h2-4,6-7,11,13,17,19H,5,8-10,12H2,1H3. The van der Waals surface area contributed by atoms with Gasteiger partial charge >= 0.3 is 0 Å². The van der Waals surface area contributed by atoms with Gasteiger partial charge in [-0.2, -0.15) is 0 Å². The summed E-state index contributed by atoms with van der Waals surface area (Å²) in [6.45, 7) is 2.34. The summed E-state index contributed by atoms with van der Waals surface area (Å²) in [5, 5.41) is 0. The van der Waals surface area contributed by atoms with E-state index >= 15 is 0 Å². The zero-order valence-corrected chi connectivity index (χ0v) is 13.5. The van der Waals surface area contributed by atoms with Gasteiger partial charge in [0.2, 0.25) is 0 Å². The van der Waals surface area contributed by atoms with E-state index in [0.717, 1.165) is 18.4 Å². The molecule has 2 aliphatic rings. The maximum atomic E-state index is 14.1. The molecule has 2 nitrogen and oxygen atoms in total. The van der Waals surface area contributed by atoms with Crippen LogP contribution < -0.4 is 4.74 Å². The second-order valence-electron chi connectivity index (χ2n) is 6.64. The lowest BCUT2D eigenvalue weighted by Gasteiger charge is -2.39. The number of nitrogens with zero attached hydrogens (tertiary/aromatic N) is 1. The largest absolute Gasteiger partial charge is 0.494 e. The molecule has 0 amide bonds. The molecular formula is C20H22FNO. The van der Waals surface area contributed by atoms with Crippen molar-refractivity contribution in [1.82, 2.24) is 4.90 Å². The van der Waals surface area contributed by atoms with Crippen molar-refractivity contribution in [2.45, 2.75) is 31.2 Å². The average Bonchev–Trinajstić information content (AvgIpc) is 2.83. The van der Waals surface area contributed by atoms with Crippen LogP contribution in [0.1, 0.15) is 29.0 Å². The normalized spacial score (nSPS) is 23.4. The van der Waals surface area contributed by atoms with Crippen molar-refractivity contribution in [1.29, 1.82) is 0 Å². The fraction of sp³-hybridized carbons (Fsp3) is 0.400. The van der Waals surface area contributed by atoms with Crippen LogP contribution in [0, 0.1) is 5.82 Å². The Morgan fingerprint density at radius 3 is 2.61 bits per heavy atom. The van der Waals surface area contributed by atoms with Crippen LogP contribution in [-0.4, -0.2) is 31.1 Å². The lowest BCUT2D eigenvalue weighted by molar-refractivity contribution is 0.106. The third-order valence-electron chi connectivity index (χ3n) is 5.36. The Morgan fingerprint density at radius 1 is 1.17 bits per heavy atom. The molecule has 1 aliphatic heterocycles. The van der Waals surface area contributed by atoms with Gasteiger partial charge in [-0.3, -0.25) is 4.90 Å². The van der Waals surface area contributed by atoms with Crippen molar-refractivity contribution in [3.63, 3.8) is 0 Å². The van der Waals surface area contributed by atoms with Gasteiger partial charge in [-0.05, 0) is 61.2 Å². The Hall–Kier alpha value is -1.87. The van der Waals surface area contributed by atoms with Crippen LogP contribution in [0.4, 0.5) is 4.39 Å². The zero-order valence-electron chi connectivity index (χ0n) is 13.5. The summed E-state index contributed by atoms with van der Waals surface area (Å²) in [6, 6.07) is 14.7. The van der Waals surface area contributed by atoms with E-state index in [2.05, 4.69) is 35.2 Å². The van der Waals surface area contributed by atoms with E-state index in [1.807, 2.05) is 6.07 Å². The van der Waals surface area contributed by atoms with Crippen LogP contribution in [0.25, 0.3) is 0 Å². The van der Waals surface area contributed by atoms with Crippen LogP contribution >= 0.6 is 0 Å². The van der Waals surface area contributed by atoms with Crippen molar-refractivity contribution in [2.75, 3.05) is 20.2 Å². The minimum absolute atomic E-state index is 0.242. The Balaban J connectivity index is 1.70. The van der Waals surface area contributed by atoms with E-state index < -0.39 is 0 Å². The molecule has 0 bridgehead atoms. The number of rotatable bonds is 4. The minimum atomic E-state index is -0.242. The number of hydrogen-bond donors (Lipinski definition) is 0. The fourth-order valence-corrected chi connectivity index (χ4v) is 4.03. The molecule has 4 rings (SSSR count). The van der Waals surface area contributed by atoms with Crippen LogP contribution in [0.15, 0.2) is 42.5 Å². The molecule has 0 radical (unpaired) electrons. The molecule has 1 aliphatic carbocycles. The van der Waals surface area contributed by atoms with Gasteiger partial charge in [0, 0.05) is 12.0 Å². The first kappa shape index (κ1) is 14.7. The second-order valence-corrected chi connectivity index (χ2v) is 6.64. The summed E-state index contributed by atoms with van der Waals surface area (Å²) in [6.07, 6.45) is 3.24. The third kappa shape index (κ3) is 2.63. The van der Waals surface area contributed by atoms with E-state index in [9.17, 15) is 4.39 Å². The number of halogens is 1. The maximum Gasteiger partial charge on any atom is 0.165 e. The predicted octanol–water partition coefficient (Wildman–Crippen LogP) is 3.79. The first-order valence-electron chi connectivity index (χ1n) is 8.40. The van der Waals surface area contributed by atoms with E-state index in [4.69, 9.17) is 4.74 Å². The lowest BCUT2D eigenvalue weighted by Crippen LogP contribution is -2.47. The van der Waals surface area contributed by atoms with Crippen molar-refractivity contribution in [2.24, 2.45) is 0 Å². The Kier molecular flexibility index (Phi) is 3.82. The minimum Gasteiger partial charge on any atom is -0.494 e. The SMILES string of the molecule is COc1cc2c(cc1F)CC(N1CCC1)C2Cc1ccccc1. The van der Waals surface area contributed by atoms with E-state index in [1.165, 1.54) is 30.6 Å². The number of fused-ring (bicyclic) bond motifs is 1. The van der Waals surface area contributed by atoms with Gasteiger partial charge in [0.1, 0.15) is 0 Å². The van der Waals surface area contributed by atoms with E-state index in [0.29, 0.717) is 17.7 Å². The number of hydrogen-bond acceptors (Lipinski definition) is 2. The monoisotopic (exact) mass is 311 g/mol. The van der Waals surface area contributed by atoms with Crippen molar-refractivity contribution >= 4 is 0 Å². The molecule has 1 heterocycles. The van der Waals surface area contributed by atoms with Crippen LogP contribution in [0.3, 0.4) is 0 Å². The molecule has 2 aromatic rings. The topological polar surface area (TPSA) is 12.5 Å². The van der Waals surface area contributed by atoms with Gasteiger partial charge in [-0.1, -0.05) is 30.3 Å². The summed E-state index contributed by atoms with van der Waals surface area (Å²) < 4.78 is 19.3. The van der Waals surface area contributed by atoms with E-state index in [1.54, 1.807) is 13.2 Å². The van der Waals surface area contributed by atoms with Gasteiger partial charge in [-0.25, -0.2) is 4.39 Å². The molecule has 0 spiro atoms. The summed E-state index contributed by atoms with van der Waals surface area (Å²) in [5.41, 5.74) is 3.77. The molecule has 1 fully saturated rings. The van der Waals surface area contributed by atoms with E-state index in [-0.39, 0.29) is 5.82 Å². The average molecular weight is 311 g/mol. The van der Waals surface area contributed by atoms with Gasteiger partial charge in [0.15, 0.2) is 11.6 Å². The van der Waals surface area contributed by atoms with Crippen LogP contribution in [0.5, 0.6) is 5.75 Å². The molecule has 0 N–H and O–H groups in total. The molecule has 2 aromatic carbocycles. The smallest absolute Gasteiger partial charge is 0.165 e. The molecule has 1 saturated heterocycles. The van der Waals surface area contributed by atoms with Crippen molar-refractivity contribution in [3.8, 4) is 5.75 Å². The zero-order chi connectivity index (χ0) is 15.8. The summed E-state index contributed by atoms with van der Waals surface area (Å²) in [5.74, 6) is 0.544. The molecular weight excluding hydrogens is 289 g/mol. The van der Waals surface area contributed by atoms with Gasteiger partial charge in [-0.15, -0.1) is 0 Å². The molecule has 0 saturated carbocycles. The summed E-state index contributed by atoms with van der Waals surface area (Å²) >= 11 is 0. The van der Waals surface area contributed by atoms with Gasteiger partial charge < -0.3 is 4.74 Å². The highest BCUT2D eigenvalue weighted by Crippen LogP contribution is 2.42. The molecule has 0 aromatic heterocycles. The second kappa shape index (κ2) is 5.97. The number of methoxy groups -OCH3 is 1. The lowest BCUT2D eigenvalue weighted by atomic mass is 9.89.